The van der Waals surface area contributed by atoms with Crippen LogP contribution in [0.15, 0.2) is 16.2 Å². The Bertz CT molecular complexity index is 1540. The van der Waals surface area contributed by atoms with Crippen molar-refractivity contribution in [2.24, 2.45) is 17.1 Å². The lowest BCUT2D eigenvalue weighted by molar-refractivity contribution is -0.140. The van der Waals surface area contributed by atoms with E-state index in [2.05, 4.69) is 37.8 Å². The number of fused-ring (bicyclic) bond motifs is 4. The highest BCUT2D eigenvalue weighted by Crippen LogP contribution is 2.61. The zero-order valence-corrected chi connectivity index (χ0v) is 29.3. The summed E-state index contributed by atoms with van der Waals surface area (Å²) in [5, 5.41) is 15.8. The van der Waals surface area contributed by atoms with E-state index in [0.29, 0.717) is 37.5 Å². The number of pyridine rings is 1. The normalized spacial score (nSPS) is 26.3. The van der Waals surface area contributed by atoms with Crippen LogP contribution in [-0.4, -0.2) is 53.9 Å². The van der Waals surface area contributed by atoms with Crippen molar-refractivity contribution in [1.82, 2.24) is 10.1 Å². The summed E-state index contributed by atoms with van der Waals surface area (Å²) in [5.74, 6) is -1.59. The van der Waals surface area contributed by atoms with Gasteiger partial charge in [-0.3, -0.25) is 9.59 Å². The van der Waals surface area contributed by atoms with Crippen LogP contribution in [0.25, 0.3) is 5.76 Å². The minimum Gasteiger partial charge on any atom is -0.507 e. The van der Waals surface area contributed by atoms with Gasteiger partial charge in [0, 0.05) is 22.6 Å². The fourth-order valence-corrected chi connectivity index (χ4v) is 8.31. The molecule has 0 radical (unpaired) electrons. The Kier molecular flexibility index (Phi) is 8.63. The lowest BCUT2D eigenvalue weighted by atomic mass is 9.52. The van der Waals surface area contributed by atoms with Crippen LogP contribution < -0.4 is 15.2 Å². The molecule has 3 aliphatic rings. The van der Waals surface area contributed by atoms with E-state index in [-0.39, 0.29) is 33.6 Å². The number of carbonyl (C=O) groups excluding carboxylic acids is 2. The molecule has 0 aliphatic heterocycles. The van der Waals surface area contributed by atoms with Crippen LogP contribution in [0.4, 0.5) is 0 Å². The molecule has 0 bridgehead atoms. The van der Waals surface area contributed by atoms with Crippen LogP contribution >= 0.6 is 0 Å². The second kappa shape index (κ2) is 11.6. The van der Waals surface area contributed by atoms with Gasteiger partial charge in [0.2, 0.25) is 17.4 Å². The minimum absolute atomic E-state index is 0.0233. The molecule has 10 nitrogen and oxygen atoms in total. The molecule has 45 heavy (non-hydrogen) atoms. The Morgan fingerprint density at radius 3 is 2.29 bits per heavy atom. The molecule has 0 saturated heterocycles. The van der Waals surface area contributed by atoms with E-state index in [1.54, 1.807) is 0 Å². The summed E-state index contributed by atoms with van der Waals surface area (Å²) < 4.78 is 24.7. The van der Waals surface area contributed by atoms with Gasteiger partial charge in [0.25, 0.3) is 5.88 Å². The fraction of sp³-hybridized carbons (Fsp3) is 0.647. The number of ketones is 2. The van der Waals surface area contributed by atoms with Gasteiger partial charge in [-0.25, -0.2) is 4.98 Å². The van der Waals surface area contributed by atoms with Gasteiger partial charge in [-0.15, -0.1) is 0 Å². The Morgan fingerprint density at radius 2 is 1.69 bits per heavy atom. The fourth-order valence-electron chi connectivity index (χ4n) is 6.86. The molecule has 1 fully saturated rings. The van der Waals surface area contributed by atoms with Gasteiger partial charge in [0.1, 0.15) is 11.3 Å². The number of aliphatic hydroxyl groups is 1. The summed E-state index contributed by atoms with van der Waals surface area (Å²) in [4.78, 5) is 34.9. The number of hydrogen-bond acceptors (Lipinski definition) is 10. The standard InChI is InChI=1S/C34H49N3O7Si/c1-10-12-14-41-30-22-20(16-19(3)36-30)17-33(7)18-21-25(35)27-23(31(37-43-27)42-15-13-11-2)28(39)34(21,29(40)24(33)26(22)38)44-45(8,9)32(4,5)6/h16,21,25,38H,10-15,17-18,35H2,1-9H3/t21-,25-,33-,34+/m0/s1. The number of nitrogens with two attached hydrogens (primary N) is 1. The Hall–Kier alpha value is -3.02. The summed E-state index contributed by atoms with van der Waals surface area (Å²) in [6.45, 7) is 18.9. The summed E-state index contributed by atoms with van der Waals surface area (Å²) in [6.07, 6.45) is 4.13. The van der Waals surface area contributed by atoms with E-state index in [9.17, 15) is 9.90 Å². The second-order valence-electron chi connectivity index (χ2n) is 14.8. The largest absolute Gasteiger partial charge is 0.507 e. The highest BCUT2D eigenvalue weighted by Gasteiger charge is 2.70. The summed E-state index contributed by atoms with van der Waals surface area (Å²) in [7, 11) is -2.82. The van der Waals surface area contributed by atoms with Crippen LogP contribution in [0.1, 0.15) is 113 Å². The van der Waals surface area contributed by atoms with Crippen LogP contribution in [-0.2, 0) is 15.6 Å². The first-order valence-electron chi connectivity index (χ1n) is 16.3. The van der Waals surface area contributed by atoms with Gasteiger partial charge in [-0.1, -0.05) is 54.4 Å². The van der Waals surface area contributed by atoms with E-state index in [1.807, 2.05) is 39.9 Å². The van der Waals surface area contributed by atoms with Gasteiger partial charge in [-0.05, 0) is 67.5 Å². The van der Waals surface area contributed by atoms with Crippen molar-refractivity contribution in [3.8, 4) is 11.8 Å². The van der Waals surface area contributed by atoms with Crippen molar-refractivity contribution < 1.29 is 33.1 Å². The first-order valence-corrected chi connectivity index (χ1v) is 19.2. The predicted octanol–water partition coefficient (Wildman–Crippen LogP) is 6.81. The quantitative estimate of drug-likeness (QED) is 0.161. The number of ether oxygens (including phenoxy) is 2. The SMILES string of the molecule is CCCCOc1nc(C)cc2c1C(O)=C1C(=O)[C@]3(O[Si](C)(C)C(C)(C)C)C(=O)c4c(OCCCC)noc4[C@@H](N)[C@@H]3C[C@]1(C)C2. The van der Waals surface area contributed by atoms with Crippen molar-refractivity contribution in [3.63, 3.8) is 0 Å². The molecule has 4 atom stereocenters. The molecular weight excluding hydrogens is 590 g/mol. The Morgan fingerprint density at radius 1 is 1.07 bits per heavy atom. The first kappa shape index (κ1) is 33.3. The monoisotopic (exact) mass is 639 g/mol. The molecule has 2 heterocycles. The molecule has 5 rings (SSSR count). The van der Waals surface area contributed by atoms with Crippen LogP contribution in [0.3, 0.4) is 0 Å². The molecule has 3 N–H and O–H groups in total. The Balaban J connectivity index is 1.74. The number of aromatic nitrogens is 2. The van der Waals surface area contributed by atoms with Gasteiger partial charge >= 0.3 is 0 Å². The summed E-state index contributed by atoms with van der Waals surface area (Å²) in [5.41, 5.74) is 6.34. The molecule has 0 spiro atoms. The van der Waals surface area contributed by atoms with Gasteiger partial charge in [0.15, 0.2) is 19.7 Å². The van der Waals surface area contributed by atoms with E-state index in [4.69, 9.17) is 24.2 Å². The van der Waals surface area contributed by atoms with Crippen molar-refractivity contribution in [1.29, 1.82) is 0 Å². The lowest BCUT2D eigenvalue weighted by Crippen LogP contribution is -2.69. The zero-order chi connectivity index (χ0) is 33.1. The highest BCUT2D eigenvalue weighted by atomic mass is 28.4. The lowest BCUT2D eigenvalue weighted by Gasteiger charge is -2.56. The average Bonchev–Trinajstić information content (AvgIpc) is 3.36. The summed E-state index contributed by atoms with van der Waals surface area (Å²) in [6, 6.07) is 1.07. The van der Waals surface area contributed by atoms with Gasteiger partial charge < -0.3 is 29.3 Å². The van der Waals surface area contributed by atoms with Crippen molar-refractivity contribution in [2.45, 2.75) is 117 Å². The van der Waals surface area contributed by atoms with Crippen molar-refractivity contribution >= 4 is 25.6 Å². The molecule has 11 heteroatoms. The molecule has 2 aromatic heterocycles. The van der Waals surface area contributed by atoms with E-state index >= 15 is 4.79 Å². The molecule has 0 unspecified atom stereocenters. The molecule has 0 amide bonds. The molecule has 246 valence electrons. The maximum absolute atomic E-state index is 15.3. The van der Waals surface area contributed by atoms with E-state index < -0.39 is 42.9 Å². The maximum atomic E-state index is 15.3. The zero-order valence-electron chi connectivity index (χ0n) is 28.3. The first-order chi connectivity index (χ1) is 21.0. The summed E-state index contributed by atoms with van der Waals surface area (Å²) >= 11 is 0. The van der Waals surface area contributed by atoms with Crippen LogP contribution in [0.5, 0.6) is 11.8 Å². The second-order valence-corrected chi connectivity index (χ2v) is 19.5. The van der Waals surface area contributed by atoms with Crippen LogP contribution in [0, 0.1) is 18.3 Å². The van der Waals surface area contributed by atoms with Crippen molar-refractivity contribution in [2.75, 3.05) is 13.2 Å². The van der Waals surface area contributed by atoms with Crippen LogP contribution in [0.2, 0.25) is 18.1 Å². The highest BCUT2D eigenvalue weighted by molar-refractivity contribution is 6.74. The molecular formula is C34H49N3O7Si. The predicted molar refractivity (Wildman–Crippen MR) is 173 cm³/mol. The maximum Gasteiger partial charge on any atom is 0.265 e. The third-order valence-electron chi connectivity index (χ3n) is 10.3. The molecule has 2 aromatic rings. The molecule has 1 saturated carbocycles. The molecule has 3 aliphatic carbocycles. The molecule has 0 aromatic carbocycles. The average molecular weight is 640 g/mol. The third kappa shape index (κ3) is 5.24. The third-order valence-corrected chi connectivity index (χ3v) is 14.7. The van der Waals surface area contributed by atoms with Gasteiger partial charge in [0.05, 0.1) is 24.8 Å². The Labute approximate surface area is 267 Å². The minimum atomic E-state index is -2.82. The number of aliphatic hydroxyl groups excluding tert-OH is 1. The number of aryl methyl sites for hydroxylation is 1. The number of nitrogens with zero attached hydrogens (tertiary/aromatic N) is 2. The number of rotatable bonds is 10. The van der Waals surface area contributed by atoms with Gasteiger partial charge in [-0.2, -0.15) is 0 Å². The van der Waals surface area contributed by atoms with Crippen molar-refractivity contribution in [3.05, 3.63) is 39.8 Å². The smallest absolute Gasteiger partial charge is 0.265 e. The topological polar surface area (TPSA) is 147 Å². The number of Topliss-reactive ketones (excluding diaryl/α,β-unsaturated/α-hetero) is 2. The van der Waals surface area contributed by atoms with E-state index in [1.165, 1.54) is 0 Å². The number of carbonyl (C=O) groups is 2. The number of unbranched alkanes of at least 4 members (excludes halogenated alkanes) is 2. The number of hydrogen-bond donors (Lipinski definition) is 2. The van der Waals surface area contributed by atoms with E-state index in [0.717, 1.165) is 36.9 Å².